The summed E-state index contributed by atoms with van der Waals surface area (Å²) in [4.78, 5) is 30.3. The highest BCUT2D eigenvalue weighted by Crippen LogP contribution is 2.33. The summed E-state index contributed by atoms with van der Waals surface area (Å²) >= 11 is 0. The molecule has 0 bridgehead atoms. The first-order chi connectivity index (χ1) is 11.6. The van der Waals surface area contributed by atoms with Crippen molar-refractivity contribution in [3.8, 4) is 0 Å². The molecule has 1 saturated heterocycles. The second kappa shape index (κ2) is 6.83. The van der Waals surface area contributed by atoms with Crippen LogP contribution in [0.25, 0.3) is 0 Å². The van der Waals surface area contributed by atoms with E-state index in [1.807, 2.05) is 19.1 Å². The average Bonchev–Trinajstić information content (AvgIpc) is 2.97. The van der Waals surface area contributed by atoms with Crippen molar-refractivity contribution in [2.24, 2.45) is 0 Å². The summed E-state index contributed by atoms with van der Waals surface area (Å²) in [6.45, 7) is 4.65. The number of anilines is 1. The molecule has 5 nitrogen and oxygen atoms in total. The Hall–Kier alpha value is -2.69. The molecule has 1 aromatic carbocycles. The molecule has 124 valence electrons. The number of hydrogen-bond acceptors (Lipinski definition) is 3. The number of carbonyl (C=O) groups is 2. The number of aryl methyl sites for hydroxylation is 1. The largest absolute Gasteiger partial charge is 0.331 e. The van der Waals surface area contributed by atoms with E-state index in [9.17, 15) is 9.59 Å². The zero-order chi connectivity index (χ0) is 17.1. The van der Waals surface area contributed by atoms with Crippen molar-refractivity contribution in [3.63, 3.8) is 0 Å². The van der Waals surface area contributed by atoms with Gasteiger partial charge in [0.15, 0.2) is 0 Å². The van der Waals surface area contributed by atoms with E-state index in [1.165, 1.54) is 17.3 Å². The minimum absolute atomic E-state index is 0.0433. The van der Waals surface area contributed by atoms with E-state index < -0.39 is 11.8 Å². The van der Waals surface area contributed by atoms with Crippen molar-refractivity contribution >= 4 is 17.5 Å². The number of aromatic nitrogens is 1. The molecule has 0 unspecified atom stereocenters. The van der Waals surface area contributed by atoms with Crippen LogP contribution in [0.2, 0.25) is 0 Å². The third kappa shape index (κ3) is 3.30. The molecule has 1 N–H and O–H groups in total. The molecular weight excluding hydrogens is 302 g/mol. The van der Waals surface area contributed by atoms with Crippen LogP contribution in [0, 0.1) is 6.92 Å². The summed E-state index contributed by atoms with van der Waals surface area (Å²) in [5.74, 6) is -0.820. The van der Waals surface area contributed by atoms with E-state index >= 15 is 0 Å². The predicted molar refractivity (Wildman–Crippen MR) is 92.6 cm³/mol. The third-order valence-corrected chi connectivity index (χ3v) is 4.58. The maximum atomic E-state index is 12.5. The Morgan fingerprint density at radius 1 is 1.21 bits per heavy atom. The minimum atomic E-state index is -0.611. The number of hydrogen-bond donors (Lipinski definition) is 1. The minimum Gasteiger partial charge on any atom is -0.331 e. The smallest absolute Gasteiger partial charge is 0.313 e. The monoisotopic (exact) mass is 323 g/mol. The van der Waals surface area contributed by atoms with Gasteiger partial charge in [-0.3, -0.25) is 14.6 Å². The Morgan fingerprint density at radius 3 is 2.71 bits per heavy atom. The summed E-state index contributed by atoms with van der Waals surface area (Å²) in [5, 5.41) is 2.61. The number of likely N-dealkylation sites (tertiary alicyclic amines) is 1. The number of benzene rings is 1. The molecule has 1 fully saturated rings. The lowest BCUT2D eigenvalue weighted by Gasteiger charge is -2.20. The van der Waals surface area contributed by atoms with E-state index in [1.54, 1.807) is 23.2 Å². The van der Waals surface area contributed by atoms with Crippen LogP contribution in [0.3, 0.4) is 0 Å². The lowest BCUT2D eigenvalue weighted by molar-refractivity contribution is -0.143. The molecular formula is C19H21N3O2. The van der Waals surface area contributed by atoms with Gasteiger partial charge >= 0.3 is 11.8 Å². The fourth-order valence-electron chi connectivity index (χ4n) is 3.34. The number of nitrogens with one attached hydrogen (secondary N) is 1. The Balaban J connectivity index is 1.69. The van der Waals surface area contributed by atoms with Crippen molar-refractivity contribution in [1.29, 1.82) is 0 Å². The molecule has 2 amide bonds. The highest BCUT2D eigenvalue weighted by atomic mass is 16.2. The van der Waals surface area contributed by atoms with Crippen molar-refractivity contribution in [2.45, 2.75) is 32.2 Å². The van der Waals surface area contributed by atoms with Gasteiger partial charge in [-0.1, -0.05) is 24.3 Å². The second-order valence-corrected chi connectivity index (χ2v) is 6.29. The fourth-order valence-corrected chi connectivity index (χ4v) is 3.34. The van der Waals surface area contributed by atoms with Gasteiger partial charge in [0.05, 0.1) is 11.9 Å². The Bertz CT molecular complexity index is 745. The zero-order valence-corrected chi connectivity index (χ0v) is 13.9. The summed E-state index contributed by atoms with van der Waals surface area (Å²) in [6.07, 6.45) is 4.01. The van der Waals surface area contributed by atoms with Gasteiger partial charge in [-0.15, -0.1) is 0 Å². The van der Waals surface area contributed by atoms with E-state index in [2.05, 4.69) is 29.4 Å². The molecule has 2 heterocycles. The molecule has 2 aromatic rings. The van der Waals surface area contributed by atoms with Crippen LogP contribution in [0.5, 0.6) is 0 Å². The first-order valence-corrected chi connectivity index (χ1v) is 8.13. The van der Waals surface area contributed by atoms with Gasteiger partial charge in [-0.2, -0.15) is 0 Å². The van der Waals surface area contributed by atoms with Crippen molar-refractivity contribution < 1.29 is 9.59 Å². The number of rotatable bonds is 2. The van der Waals surface area contributed by atoms with Crippen LogP contribution in [-0.4, -0.2) is 34.3 Å². The van der Waals surface area contributed by atoms with Crippen LogP contribution >= 0.6 is 0 Å². The zero-order valence-electron chi connectivity index (χ0n) is 13.9. The molecule has 3 rings (SSSR count). The highest BCUT2D eigenvalue weighted by molar-refractivity contribution is 6.39. The number of pyridine rings is 1. The second-order valence-electron chi connectivity index (χ2n) is 6.29. The summed E-state index contributed by atoms with van der Waals surface area (Å²) < 4.78 is 0. The molecule has 2 atom stereocenters. The van der Waals surface area contributed by atoms with Crippen molar-refractivity contribution in [3.05, 3.63) is 59.9 Å². The van der Waals surface area contributed by atoms with E-state index in [0.29, 0.717) is 12.2 Å². The van der Waals surface area contributed by atoms with Crippen LogP contribution in [0.4, 0.5) is 5.69 Å². The topological polar surface area (TPSA) is 62.3 Å². The van der Waals surface area contributed by atoms with Gasteiger partial charge in [-0.05, 0) is 43.5 Å². The molecule has 1 aromatic heterocycles. The molecule has 0 radical (unpaired) electrons. The first kappa shape index (κ1) is 16.2. The molecule has 1 aliphatic rings. The molecule has 0 spiro atoms. The normalized spacial score (nSPS) is 20.0. The molecule has 5 heteroatoms. The molecule has 0 aliphatic carbocycles. The standard InChI is InChI=1S/C19H21N3O2/c1-13-6-3-4-8-17(13)15-10-14(2)22(12-15)19(24)18(23)21-16-7-5-9-20-11-16/h3-9,11,14-15H,10,12H2,1-2H3,(H,21,23)/t14-,15+/m0/s1. The number of amides is 2. The van der Waals surface area contributed by atoms with Crippen molar-refractivity contribution in [2.75, 3.05) is 11.9 Å². The SMILES string of the molecule is Cc1ccccc1[C@@H]1C[C@H](C)N(C(=O)C(=O)Nc2cccnc2)C1. The number of carbonyl (C=O) groups excluding carboxylic acids is 2. The van der Waals surface area contributed by atoms with E-state index in [0.717, 1.165) is 6.42 Å². The van der Waals surface area contributed by atoms with Crippen LogP contribution in [0.15, 0.2) is 48.8 Å². The van der Waals surface area contributed by atoms with Crippen molar-refractivity contribution in [1.82, 2.24) is 9.88 Å². The van der Waals surface area contributed by atoms with Gasteiger partial charge in [-0.25, -0.2) is 0 Å². The molecule has 0 saturated carbocycles. The number of nitrogens with zero attached hydrogens (tertiary/aromatic N) is 2. The Kier molecular flexibility index (Phi) is 4.60. The van der Waals surface area contributed by atoms with Crippen LogP contribution in [0.1, 0.15) is 30.4 Å². The van der Waals surface area contributed by atoms with Gasteiger partial charge in [0.25, 0.3) is 0 Å². The average molecular weight is 323 g/mol. The van der Waals surface area contributed by atoms with Gasteiger partial charge in [0.2, 0.25) is 0 Å². The van der Waals surface area contributed by atoms with E-state index in [-0.39, 0.29) is 12.0 Å². The van der Waals surface area contributed by atoms with Crippen LogP contribution in [-0.2, 0) is 9.59 Å². The molecule has 1 aliphatic heterocycles. The predicted octanol–water partition coefficient (Wildman–Crippen LogP) is 2.73. The summed E-state index contributed by atoms with van der Waals surface area (Å²) in [5.41, 5.74) is 3.01. The van der Waals surface area contributed by atoms with Gasteiger partial charge in [0, 0.05) is 24.7 Å². The highest BCUT2D eigenvalue weighted by Gasteiger charge is 2.36. The first-order valence-electron chi connectivity index (χ1n) is 8.13. The van der Waals surface area contributed by atoms with Crippen LogP contribution < -0.4 is 5.32 Å². The van der Waals surface area contributed by atoms with Gasteiger partial charge < -0.3 is 10.2 Å². The lowest BCUT2D eigenvalue weighted by atomic mass is 9.93. The quantitative estimate of drug-likeness (QED) is 0.864. The third-order valence-electron chi connectivity index (χ3n) is 4.58. The molecule has 24 heavy (non-hydrogen) atoms. The maximum absolute atomic E-state index is 12.5. The Morgan fingerprint density at radius 2 is 2.00 bits per heavy atom. The Labute approximate surface area is 141 Å². The van der Waals surface area contributed by atoms with Gasteiger partial charge in [0.1, 0.15) is 0 Å². The maximum Gasteiger partial charge on any atom is 0.313 e. The summed E-state index contributed by atoms with van der Waals surface area (Å²) in [6, 6.07) is 11.7. The summed E-state index contributed by atoms with van der Waals surface area (Å²) in [7, 11) is 0. The van der Waals surface area contributed by atoms with E-state index in [4.69, 9.17) is 0 Å². The fraction of sp³-hybridized carbons (Fsp3) is 0.316. The lowest BCUT2D eigenvalue weighted by Crippen LogP contribution is -2.41.